The first-order valence-electron chi connectivity index (χ1n) is 7.64. The van der Waals surface area contributed by atoms with Crippen LogP contribution in [0.3, 0.4) is 0 Å². The van der Waals surface area contributed by atoms with Gasteiger partial charge < -0.3 is 5.32 Å². The van der Waals surface area contributed by atoms with Gasteiger partial charge in [-0.15, -0.1) is 0 Å². The Labute approximate surface area is 121 Å². The van der Waals surface area contributed by atoms with E-state index in [4.69, 9.17) is 0 Å². The first kappa shape index (κ1) is 13.4. The van der Waals surface area contributed by atoms with Gasteiger partial charge in [0.2, 0.25) is 0 Å². The molecule has 1 heterocycles. The number of nitrogens with one attached hydrogen (secondary N) is 1. The molecule has 0 radical (unpaired) electrons. The van der Waals surface area contributed by atoms with Crippen molar-refractivity contribution in [3.8, 4) is 5.69 Å². The third-order valence-corrected chi connectivity index (χ3v) is 3.88. The molecule has 1 aliphatic carbocycles. The first-order chi connectivity index (χ1) is 9.78. The van der Waals surface area contributed by atoms with Crippen LogP contribution in [-0.2, 0) is 13.0 Å². The van der Waals surface area contributed by atoms with Gasteiger partial charge in [-0.2, -0.15) is 5.10 Å². The summed E-state index contributed by atoms with van der Waals surface area (Å²) in [6, 6.07) is 9.34. The van der Waals surface area contributed by atoms with Gasteiger partial charge in [0.1, 0.15) is 0 Å². The van der Waals surface area contributed by atoms with Crippen molar-refractivity contribution in [3.63, 3.8) is 0 Å². The van der Waals surface area contributed by atoms with Crippen molar-refractivity contribution in [2.24, 2.45) is 0 Å². The third-order valence-electron chi connectivity index (χ3n) is 3.88. The van der Waals surface area contributed by atoms with Gasteiger partial charge in [-0.25, -0.2) is 4.68 Å². The summed E-state index contributed by atoms with van der Waals surface area (Å²) >= 11 is 0. The second kappa shape index (κ2) is 5.80. The number of hydrogen-bond acceptors (Lipinski definition) is 2. The zero-order valence-electron chi connectivity index (χ0n) is 12.4. The summed E-state index contributed by atoms with van der Waals surface area (Å²) in [6.45, 7) is 5.29. The van der Waals surface area contributed by atoms with Crippen molar-refractivity contribution >= 4 is 0 Å². The maximum Gasteiger partial charge on any atom is 0.0649 e. The van der Waals surface area contributed by atoms with Crippen LogP contribution in [-0.4, -0.2) is 15.8 Å². The molecule has 0 bridgehead atoms. The van der Waals surface area contributed by atoms with E-state index in [1.165, 1.54) is 29.7 Å². The molecule has 0 unspecified atom stereocenters. The minimum absolute atomic E-state index is 0.743. The number of aromatic nitrogens is 2. The summed E-state index contributed by atoms with van der Waals surface area (Å²) in [5.41, 5.74) is 5.15. The Hall–Kier alpha value is -1.61. The molecule has 3 heteroatoms. The minimum Gasteiger partial charge on any atom is -0.310 e. The van der Waals surface area contributed by atoms with Crippen molar-refractivity contribution in [2.45, 2.75) is 52.1 Å². The lowest BCUT2D eigenvalue weighted by molar-refractivity contribution is 0.676. The Morgan fingerprint density at radius 3 is 2.65 bits per heavy atom. The molecule has 1 N–H and O–H groups in total. The molecule has 3 nitrogen and oxygen atoms in total. The van der Waals surface area contributed by atoms with Crippen LogP contribution < -0.4 is 5.32 Å². The van der Waals surface area contributed by atoms with Gasteiger partial charge in [-0.3, -0.25) is 0 Å². The molecular weight excluding hydrogens is 246 g/mol. The van der Waals surface area contributed by atoms with Gasteiger partial charge in [0.25, 0.3) is 0 Å². The predicted molar refractivity (Wildman–Crippen MR) is 82.2 cm³/mol. The van der Waals surface area contributed by atoms with Crippen LogP contribution in [0.4, 0.5) is 0 Å². The molecule has 1 aromatic heterocycles. The Morgan fingerprint density at radius 2 is 2.00 bits per heavy atom. The molecule has 2 aromatic rings. The highest BCUT2D eigenvalue weighted by molar-refractivity contribution is 5.37. The SMILES string of the molecule is CCCc1c(CNC2CC2)cnn1-c1ccc(C)cc1. The molecule has 1 aromatic carbocycles. The van der Waals surface area contributed by atoms with Gasteiger partial charge in [-0.1, -0.05) is 31.0 Å². The van der Waals surface area contributed by atoms with Crippen LogP contribution in [0.15, 0.2) is 30.5 Å². The van der Waals surface area contributed by atoms with Crippen LogP contribution in [0.5, 0.6) is 0 Å². The van der Waals surface area contributed by atoms with E-state index in [0.29, 0.717) is 0 Å². The number of benzene rings is 1. The smallest absolute Gasteiger partial charge is 0.0649 e. The minimum atomic E-state index is 0.743. The lowest BCUT2D eigenvalue weighted by Gasteiger charge is -2.10. The highest BCUT2D eigenvalue weighted by Gasteiger charge is 2.21. The molecule has 106 valence electrons. The fourth-order valence-corrected chi connectivity index (χ4v) is 2.51. The van der Waals surface area contributed by atoms with Crippen molar-refractivity contribution in [2.75, 3.05) is 0 Å². The molecule has 0 spiro atoms. The molecular formula is C17H23N3. The molecule has 0 saturated heterocycles. The van der Waals surface area contributed by atoms with E-state index in [0.717, 1.165) is 31.1 Å². The topological polar surface area (TPSA) is 29.9 Å². The van der Waals surface area contributed by atoms with Crippen molar-refractivity contribution in [3.05, 3.63) is 47.3 Å². The fraction of sp³-hybridized carbons (Fsp3) is 0.471. The Morgan fingerprint density at radius 1 is 1.25 bits per heavy atom. The van der Waals surface area contributed by atoms with Gasteiger partial charge in [0.15, 0.2) is 0 Å². The van der Waals surface area contributed by atoms with E-state index < -0.39 is 0 Å². The van der Waals surface area contributed by atoms with Crippen LogP contribution >= 0.6 is 0 Å². The lowest BCUT2D eigenvalue weighted by Crippen LogP contribution is -2.16. The second-order valence-electron chi connectivity index (χ2n) is 5.77. The molecule has 20 heavy (non-hydrogen) atoms. The summed E-state index contributed by atoms with van der Waals surface area (Å²) in [5, 5.41) is 8.20. The molecule has 0 aliphatic heterocycles. The summed E-state index contributed by atoms with van der Waals surface area (Å²) in [6.07, 6.45) is 6.91. The standard InChI is InChI=1S/C17H23N3/c1-3-4-17-14(11-18-15-7-8-15)12-19-20(17)16-9-5-13(2)6-10-16/h5-6,9-10,12,15,18H,3-4,7-8,11H2,1-2H3. The van der Waals surface area contributed by atoms with Crippen molar-refractivity contribution in [1.29, 1.82) is 0 Å². The van der Waals surface area contributed by atoms with E-state index in [1.54, 1.807) is 0 Å². The van der Waals surface area contributed by atoms with Crippen LogP contribution in [0.25, 0.3) is 5.69 Å². The molecule has 0 atom stereocenters. The second-order valence-corrected chi connectivity index (χ2v) is 5.77. The van der Waals surface area contributed by atoms with Gasteiger partial charge in [0.05, 0.1) is 11.9 Å². The molecule has 1 aliphatic rings. The highest BCUT2D eigenvalue weighted by atomic mass is 15.3. The first-order valence-corrected chi connectivity index (χ1v) is 7.64. The number of hydrogen-bond donors (Lipinski definition) is 1. The van der Waals surface area contributed by atoms with Crippen molar-refractivity contribution < 1.29 is 0 Å². The van der Waals surface area contributed by atoms with Crippen LogP contribution in [0.2, 0.25) is 0 Å². The maximum atomic E-state index is 4.61. The number of nitrogens with zero attached hydrogens (tertiary/aromatic N) is 2. The van der Waals surface area contributed by atoms with Gasteiger partial charge >= 0.3 is 0 Å². The summed E-state index contributed by atoms with van der Waals surface area (Å²) in [7, 11) is 0. The van der Waals surface area contributed by atoms with Gasteiger partial charge in [-0.05, 0) is 38.3 Å². The zero-order chi connectivity index (χ0) is 13.9. The molecule has 1 fully saturated rings. The van der Waals surface area contributed by atoms with E-state index in [-0.39, 0.29) is 0 Å². The van der Waals surface area contributed by atoms with E-state index in [1.807, 2.05) is 6.20 Å². The van der Waals surface area contributed by atoms with E-state index >= 15 is 0 Å². The highest BCUT2D eigenvalue weighted by Crippen LogP contribution is 2.21. The summed E-state index contributed by atoms with van der Waals surface area (Å²) in [5.74, 6) is 0. The van der Waals surface area contributed by atoms with Crippen LogP contribution in [0.1, 0.15) is 43.0 Å². The van der Waals surface area contributed by atoms with Crippen LogP contribution in [0, 0.1) is 6.92 Å². The number of aryl methyl sites for hydroxylation is 1. The average Bonchev–Trinajstić information content (AvgIpc) is 3.20. The van der Waals surface area contributed by atoms with Crippen molar-refractivity contribution in [1.82, 2.24) is 15.1 Å². The predicted octanol–water partition coefficient (Wildman–Crippen LogP) is 3.39. The molecule has 0 amide bonds. The Kier molecular flexibility index (Phi) is 3.88. The zero-order valence-corrected chi connectivity index (χ0v) is 12.4. The average molecular weight is 269 g/mol. The summed E-state index contributed by atoms with van der Waals surface area (Å²) in [4.78, 5) is 0. The fourth-order valence-electron chi connectivity index (χ4n) is 2.51. The van der Waals surface area contributed by atoms with Gasteiger partial charge in [0, 0.05) is 23.8 Å². The lowest BCUT2D eigenvalue weighted by atomic mass is 10.1. The largest absolute Gasteiger partial charge is 0.310 e. The molecule has 1 saturated carbocycles. The third kappa shape index (κ3) is 2.93. The Bertz CT molecular complexity index is 564. The monoisotopic (exact) mass is 269 g/mol. The van der Waals surface area contributed by atoms with E-state index in [9.17, 15) is 0 Å². The molecule has 3 rings (SSSR count). The normalized spacial score (nSPS) is 14.7. The maximum absolute atomic E-state index is 4.61. The quantitative estimate of drug-likeness (QED) is 0.871. The summed E-state index contributed by atoms with van der Waals surface area (Å²) < 4.78 is 2.10. The number of rotatable bonds is 6. The van der Waals surface area contributed by atoms with E-state index in [2.05, 4.69) is 53.2 Å². The Balaban J connectivity index is 1.86.